The lowest BCUT2D eigenvalue weighted by Gasteiger charge is -2.36. The summed E-state index contributed by atoms with van der Waals surface area (Å²) in [6.45, 7) is 3.80. The molecule has 0 bridgehead atoms. The van der Waals surface area contributed by atoms with Gasteiger partial charge in [0.2, 0.25) is 0 Å². The van der Waals surface area contributed by atoms with Gasteiger partial charge in [-0.2, -0.15) is 0 Å². The van der Waals surface area contributed by atoms with E-state index >= 15 is 0 Å². The van der Waals surface area contributed by atoms with Gasteiger partial charge in [0.15, 0.2) is 5.78 Å². The number of hydrogen-bond acceptors (Lipinski definition) is 4. The van der Waals surface area contributed by atoms with Crippen LogP contribution < -0.4 is 9.47 Å². The second kappa shape index (κ2) is 5.20. The summed E-state index contributed by atoms with van der Waals surface area (Å²) in [5.41, 5.74) is 1.83. The Morgan fingerprint density at radius 1 is 1.04 bits per heavy atom. The zero-order valence-electron chi connectivity index (χ0n) is 13.7. The highest BCUT2D eigenvalue weighted by atomic mass is 16.5. The minimum atomic E-state index is -0.568. The third-order valence-corrected chi connectivity index (χ3v) is 4.57. The molecule has 0 radical (unpaired) electrons. The maximum absolute atomic E-state index is 12.5. The molecule has 4 heteroatoms. The summed E-state index contributed by atoms with van der Waals surface area (Å²) in [7, 11) is 0. The SMILES string of the molecule is CC1(C)CC(=O)c2ccc3c(c2O1)[C@H](c1ccccc1)CC(=O)O3. The highest BCUT2D eigenvalue weighted by Gasteiger charge is 2.39. The van der Waals surface area contributed by atoms with Crippen molar-refractivity contribution in [3.63, 3.8) is 0 Å². The van der Waals surface area contributed by atoms with Gasteiger partial charge in [0.25, 0.3) is 0 Å². The third kappa shape index (κ3) is 2.39. The van der Waals surface area contributed by atoms with Gasteiger partial charge in [-0.05, 0) is 31.5 Å². The number of rotatable bonds is 1. The van der Waals surface area contributed by atoms with Crippen molar-refractivity contribution >= 4 is 11.8 Å². The van der Waals surface area contributed by atoms with E-state index in [2.05, 4.69) is 0 Å². The number of fused-ring (bicyclic) bond motifs is 3. The maximum Gasteiger partial charge on any atom is 0.312 e. The lowest BCUT2D eigenvalue weighted by Crippen LogP contribution is -2.37. The van der Waals surface area contributed by atoms with Crippen molar-refractivity contribution in [2.75, 3.05) is 0 Å². The Bertz CT molecular complexity index is 836. The zero-order valence-corrected chi connectivity index (χ0v) is 13.7. The van der Waals surface area contributed by atoms with Gasteiger partial charge in [-0.1, -0.05) is 30.3 Å². The quantitative estimate of drug-likeness (QED) is 0.591. The van der Waals surface area contributed by atoms with Crippen LogP contribution in [0.4, 0.5) is 0 Å². The van der Waals surface area contributed by atoms with Crippen LogP contribution in [0, 0.1) is 0 Å². The smallest absolute Gasteiger partial charge is 0.312 e. The highest BCUT2D eigenvalue weighted by molar-refractivity contribution is 6.01. The van der Waals surface area contributed by atoms with Gasteiger partial charge in [-0.3, -0.25) is 9.59 Å². The number of carbonyl (C=O) groups excluding carboxylic acids is 2. The van der Waals surface area contributed by atoms with E-state index in [1.807, 2.05) is 44.2 Å². The zero-order chi connectivity index (χ0) is 16.9. The summed E-state index contributed by atoms with van der Waals surface area (Å²) < 4.78 is 11.6. The Morgan fingerprint density at radius 2 is 1.79 bits per heavy atom. The first-order valence-corrected chi connectivity index (χ1v) is 8.09. The van der Waals surface area contributed by atoms with E-state index in [-0.39, 0.29) is 24.1 Å². The fourth-order valence-corrected chi connectivity index (χ4v) is 3.53. The van der Waals surface area contributed by atoms with Gasteiger partial charge >= 0.3 is 5.97 Å². The summed E-state index contributed by atoms with van der Waals surface area (Å²) in [6.07, 6.45) is 0.583. The highest BCUT2D eigenvalue weighted by Crippen LogP contribution is 2.48. The maximum atomic E-state index is 12.5. The van der Waals surface area contributed by atoms with Crippen molar-refractivity contribution in [3.8, 4) is 11.5 Å². The van der Waals surface area contributed by atoms with E-state index in [1.54, 1.807) is 12.1 Å². The number of carbonyl (C=O) groups is 2. The van der Waals surface area contributed by atoms with Crippen LogP contribution in [0.2, 0.25) is 0 Å². The fraction of sp³-hybridized carbons (Fsp3) is 0.300. The fourth-order valence-electron chi connectivity index (χ4n) is 3.53. The van der Waals surface area contributed by atoms with Gasteiger partial charge in [-0.15, -0.1) is 0 Å². The standard InChI is InChI=1S/C20H18O4/c1-20(2)11-15(21)13-8-9-16-18(19(13)24-20)14(10-17(22)23-16)12-6-4-3-5-7-12/h3-9,14H,10-11H2,1-2H3/t14-/m0/s1. The summed E-state index contributed by atoms with van der Waals surface area (Å²) in [5.74, 6) is 0.684. The van der Waals surface area contributed by atoms with Crippen LogP contribution in [-0.2, 0) is 4.79 Å². The largest absolute Gasteiger partial charge is 0.486 e. The predicted octanol–water partition coefficient (Wildman–Crippen LogP) is 3.87. The van der Waals surface area contributed by atoms with E-state index in [0.717, 1.165) is 11.1 Å². The molecule has 0 spiro atoms. The molecule has 24 heavy (non-hydrogen) atoms. The summed E-state index contributed by atoms with van der Waals surface area (Å²) in [5, 5.41) is 0. The Hall–Kier alpha value is -2.62. The molecule has 0 aromatic heterocycles. The van der Waals surface area contributed by atoms with Gasteiger partial charge < -0.3 is 9.47 Å². The predicted molar refractivity (Wildman–Crippen MR) is 88.6 cm³/mol. The van der Waals surface area contributed by atoms with Gasteiger partial charge in [0.1, 0.15) is 17.1 Å². The molecule has 0 unspecified atom stereocenters. The van der Waals surface area contributed by atoms with Crippen LogP contribution >= 0.6 is 0 Å². The van der Waals surface area contributed by atoms with Crippen molar-refractivity contribution in [1.29, 1.82) is 0 Å². The monoisotopic (exact) mass is 322 g/mol. The Balaban J connectivity index is 1.94. The molecule has 2 aromatic carbocycles. The van der Waals surface area contributed by atoms with E-state index < -0.39 is 5.60 Å². The number of ketones is 1. The number of Topliss-reactive ketones (excluding diaryl/α,β-unsaturated/α-hetero) is 1. The van der Waals surface area contributed by atoms with Crippen LogP contribution in [0.25, 0.3) is 0 Å². The Kier molecular flexibility index (Phi) is 3.23. The van der Waals surface area contributed by atoms with E-state index in [1.165, 1.54) is 0 Å². The molecule has 0 fully saturated rings. The lowest BCUT2D eigenvalue weighted by atomic mass is 9.82. The van der Waals surface area contributed by atoms with Gasteiger partial charge in [-0.25, -0.2) is 0 Å². The average molecular weight is 322 g/mol. The molecule has 2 heterocycles. The molecule has 0 aliphatic carbocycles. The summed E-state index contributed by atoms with van der Waals surface area (Å²) in [4.78, 5) is 24.5. The molecular weight excluding hydrogens is 304 g/mol. The third-order valence-electron chi connectivity index (χ3n) is 4.57. The van der Waals surface area contributed by atoms with Crippen LogP contribution in [0.1, 0.15) is 54.1 Å². The lowest BCUT2D eigenvalue weighted by molar-refractivity contribution is -0.135. The second-order valence-corrected chi connectivity index (χ2v) is 6.96. The molecule has 1 atom stereocenters. The average Bonchev–Trinajstić information content (AvgIpc) is 2.53. The van der Waals surface area contributed by atoms with Gasteiger partial charge in [0, 0.05) is 11.5 Å². The van der Waals surface area contributed by atoms with Crippen molar-refractivity contribution in [3.05, 3.63) is 59.2 Å². The summed E-state index contributed by atoms with van der Waals surface area (Å²) >= 11 is 0. The molecule has 2 aliphatic heterocycles. The van der Waals surface area contributed by atoms with Crippen LogP contribution in [0.5, 0.6) is 11.5 Å². The number of hydrogen-bond donors (Lipinski definition) is 0. The molecule has 2 aliphatic rings. The van der Waals surface area contributed by atoms with Crippen LogP contribution in [0.15, 0.2) is 42.5 Å². The van der Waals surface area contributed by atoms with E-state index in [9.17, 15) is 9.59 Å². The Morgan fingerprint density at radius 3 is 2.54 bits per heavy atom. The molecule has 0 amide bonds. The number of esters is 1. The van der Waals surface area contributed by atoms with E-state index in [4.69, 9.17) is 9.47 Å². The van der Waals surface area contributed by atoms with Crippen molar-refractivity contribution in [2.24, 2.45) is 0 Å². The normalized spacial score (nSPS) is 21.3. The molecule has 122 valence electrons. The number of ether oxygens (including phenoxy) is 2. The first kappa shape index (κ1) is 14.9. The Labute approximate surface area is 140 Å². The topological polar surface area (TPSA) is 52.6 Å². The minimum Gasteiger partial charge on any atom is -0.486 e. The molecule has 0 saturated carbocycles. The second-order valence-electron chi connectivity index (χ2n) is 6.96. The van der Waals surface area contributed by atoms with Crippen molar-refractivity contribution in [1.82, 2.24) is 0 Å². The number of benzene rings is 2. The molecule has 0 saturated heterocycles. The molecular formula is C20H18O4. The first-order chi connectivity index (χ1) is 11.4. The molecule has 0 N–H and O–H groups in total. The van der Waals surface area contributed by atoms with Crippen molar-refractivity contribution < 1.29 is 19.1 Å². The molecule has 4 nitrogen and oxygen atoms in total. The minimum absolute atomic E-state index is 0.0627. The van der Waals surface area contributed by atoms with Crippen LogP contribution in [-0.4, -0.2) is 17.4 Å². The molecule has 4 rings (SSSR count). The van der Waals surface area contributed by atoms with Gasteiger partial charge in [0.05, 0.1) is 18.4 Å². The van der Waals surface area contributed by atoms with Crippen LogP contribution in [0.3, 0.4) is 0 Å². The first-order valence-electron chi connectivity index (χ1n) is 8.09. The van der Waals surface area contributed by atoms with E-state index in [0.29, 0.717) is 23.5 Å². The molecule has 2 aromatic rings. The summed E-state index contributed by atoms with van der Waals surface area (Å²) in [6, 6.07) is 13.2. The van der Waals surface area contributed by atoms with Crippen molar-refractivity contribution in [2.45, 2.75) is 38.2 Å².